The molecule has 1 amide bonds. The molecule has 1 rings (SSSR count). The van der Waals surface area contributed by atoms with E-state index in [0.29, 0.717) is 13.1 Å². The van der Waals surface area contributed by atoms with E-state index in [1.165, 1.54) is 0 Å². The fourth-order valence-electron chi connectivity index (χ4n) is 2.00. The fourth-order valence-corrected chi connectivity index (χ4v) is 2.00. The van der Waals surface area contributed by atoms with Crippen LogP contribution in [0.5, 0.6) is 0 Å². The van der Waals surface area contributed by atoms with Gasteiger partial charge in [-0.15, -0.1) is 0 Å². The molecule has 0 fully saturated rings. The van der Waals surface area contributed by atoms with Crippen molar-refractivity contribution in [2.24, 2.45) is 0 Å². The average molecular weight is 308 g/mol. The molecule has 2 N–H and O–H groups in total. The molecule has 1 aromatic heterocycles. The van der Waals surface area contributed by atoms with Crippen LogP contribution in [0.3, 0.4) is 0 Å². The second kappa shape index (κ2) is 8.68. The van der Waals surface area contributed by atoms with Crippen LogP contribution >= 0.6 is 0 Å². The number of hydrogen-bond acceptors (Lipinski definition) is 5. The number of rotatable bonds is 7. The van der Waals surface area contributed by atoms with Gasteiger partial charge in [0.2, 0.25) is 0 Å². The molecular formula is C16H28N4O2. The molecule has 6 nitrogen and oxygen atoms in total. The quantitative estimate of drug-likeness (QED) is 0.809. The molecule has 0 aliphatic rings. The summed E-state index contributed by atoms with van der Waals surface area (Å²) in [6, 6.07) is 2.08. The molecule has 1 atom stereocenters. The van der Waals surface area contributed by atoms with Crippen molar-refractivity contribution in [2.45, 2.75) is 65.6 Å². The first-order chi connectivity index (χ1) is 10.3. The highest BCUT2D eigenvalue weighted by atomic mass is 16.6. The third kappa shape index (κ3) is 7.93. The molecule has 0 aromatic carbocycles. The van der Waals surface area contributed by atoms with E-state index in [1.54, 1.807) is 6.20 Å². The Bertz CT molecular complexity index is 471. The maximum Gasteiger partial charge on any atom is 0.407 e. The Labute approximate surface area is 133 Å². The molecular weight excluding hydrogens is 280 g/mol. The third-order valence-electron chi connectivity index (χ3n) is 2.93. The molecule has 1 unspecified atom stereocenters. The van der Waals surface area contributed by atoms with E-state index in [9.17, 15) is 4.79 Å². The SMILES string of the molecule is CCCC(CNC(=O)OC(C)(C)C)NCc1ccnc(C)n1. The number of carbonyl (C=O) groups is 1. The van der Waals surface area contributed by atoms with E-state index in [4.69, 9.17) is 4.74 Å². The number of nitrogens with one attached hydrogen (secondary N) is 2. The van der Waals surface area contributed by atoms with Gasteiger partial charge in [0, 0.05) is 25.3 Å². The zero-order valence-corrected chi connectivity index (χ0v) is 14.3. The van der Waals surface area contributed by atoms with E-state index < -0.39 is 5.60 Å². The summed E-state index contributed by atoms with van der Waals surface area (Å²) < 4.78 is 5.25. The lowest BCUT2D eigenvalue weighted by atomic mass is 10.1. The van der Waals surface area contributed by atoms with Gasteiger partial charge in [-0.05, 0) is 40.2 Å². The summed E-state index contributed by atoms with van der Waals surface area (Å²) in [7, 11) is 0. The summed E-state index contributed by atoms with van der Waals surface area (Å²) in [5.41, 5.74) is 0.474. The summed E-state index contributed by atoms with van der Waals surface area (Å²) in [5, 5.41) is 6.24. The first-order valence-electron chi connectivity index (χ1n) is 7.79. The summed E-state index contributed by atoms with van der Waals surface area (Å²) in [6.07, 6.45) is 3.39. The van der Waals surface area contributed by atoms with E-state index in [1.807, 2.05) is 33.8 Å². The maximum absolute atomic E-state index is 11.7. The molecule has 0 saturated heterocycles. The molecule has 0 saturated carbocycles. The van der Waals surface area contributed by atoms with Gasteiger partial charge in [-0.3, -0.25) is 0 Å². The van der Waals surface area contributed by atoms with Gasteiger partial charge in [-0.2, -0.15) is 0 Å². The second-order valence-corrected chi connectivity index (χ2v) is 6.34. The Morgan fingerprint density at radius 3 is 2.73 bits per heavy atom. The van der Waals surface area contributed by atoms with E-state index in [0.717, 1.165) is 24.4 Å². The Morgan fingerprint density at radius 1 is 1.41 bits per heavy atom. The summed E-state index contributed by atoms with van der Waals surface area (Å²) in [5.74, 6) is 0.762. The highest BCUT2D eigenvalue weighted by Crippen LogP contribution is 2.06. The van der Waals surface area contributed by atoms with Gasteiger partial charge in [-0.1, -0.05) is 13.3 Å². The number of ether oxygens (including phenoxy) is 1. The fraction of sp³-hybridized carbons (Fsp3) is 0.688. The highest BCUT2D eigenvalue weighted by molar-refractivity contribution is 5.67. The van der Waals surface area contributed by atoms with Crippen LogP contribution in [-0.4, -0.2) is 34.2 Å². The predicted molar refractivity (Wildman–Crippen MR) is 86.5 cm³/mol. The number of nitrogens with zero attached hydrogens (tertiary/aromatic N) is 2. The zero-order valence-electron chi connectivity index (χ0n) is 14.3. The van der Waals surface area contributed by atoms with Gasteiger partial charge in [-0.25, -0.2) is 14.8 Å². The largest absolute Gasteiger partial charge is 0.444 e. The summed E-state index contributed by atoms with van der Waals surface area (Å²) in [6.45, 7) is 10.7. The van der Waals surface area contributed by atoms with Gasteiger partial charge in [0.1, 0.15) is 11.4 Å². The van der Waals surface area contributed by atoms with Gasteiger partial charge >= 0.3 is 6.09 Å². The van der Waals surface area contributed by atoms with Gasteiger partial charge < -0.3 is 15.4 Å². The van der Waals surface area contributed by atoms with E-state index in [2.05, 4.69) is 27.5 Å². The van der Waals surface area contributed by atoms with Crippen LogP contribution in [0.1, 0.15) is 52.1 Å². The Kier molecular flexibility index (Phi) is 7.24. The number of amides is 1. The molecule has 0 spiro atoms. The number of hydrogen-bond donors (Lipinski definition) is 2. The minimum Gasteiger partial charge on any atom is -0.444 e. The smallest absolute Gasteiger partial charge is 0.407 e. The van der Waals surface area contributed by atoms with Crippen LogP contribution in [0.4, 0.5) is 4.79 Å². The lowest BCUT2D eigenvalue weighted by Crippen LogP contribution is -2.42. The number of aromatic nitrogens is 2. The molecule has 124 valence electrons. The lowest BCUT2D eigenvalue weighted by molar-refractivity contribution is 0.0521. The van der Waals surface area contributed by atoms with Gasteiger partial charge in [0.25, 0.3) is 0 Å². The first-order valence-corrected chi connectivity index (χ1v) is 7.79. The monoisotopic (exact) mass is 308 g/mol. The van der Waals surface area contributed by atoms with Gasteiger partial charge in [0.05, 0.1) is 5.69 Å². The first kappa shape index (κ1) is 18.4. The Balaban J connectivity index is 2.43. The maximum atomic E-state index is 11.7. The van der Waals surface area contributed by atoms with E-state index in [-0.39, 0.29) is 12.1 Å². The second-order valence-electron chi connectivity index (χ2n) is 6.34. The van der Waals surface area contributed by atoms with Crippen molar-refractivity contribution < 1.29 is 9.53 Å². The van der Waals surface area contributed by atoms with Crippen LogP contribution in [0.25, 0.3) is 0 Å². The number of aryl methyl sites for hydroxylation is 1. The van der Waals surface area contributed by atoms with Crippen LogP contribution in [0, 0.1) is 6.92 Å². The van der Waals surface area contributed by atoms with Crippen molar-refractivity contribution in [1.29, 1.82) is 0 Å². The predicted octanol–water partition coefficient (Wildman–Crippen LogP) is 2.57. The molecule has 0 bridgehead atoms. The number of alkyl carbamates (subject to hydrolysis) is 1. The minimum atomic E-state index is -0.476. The number of carbonyl (C=O) groups excluding carboxylic acids is 1. The highest BCUT2D eigenvalue weighted by Gasteiger charge is 2.17. The molecule has 6 heteroatoms. The van der Waals surface area contributed by atoms with Crippen molar-refractivity contribution >= 4 is 6.09 Å². The van der Waals surface area contributed by atoms with Crippen LogP contribution < -0.4 is 10.6 Å². The Morgan fingerprint density at radius 2 is 2.14 bits per heavy atom. The zero-order chi connectivity index (χ0) is 16.6. The molecule has 1 aromatic rings. The van der Waals surface area contributed by atoms with Gasteiger partial charge in [0.15, 0.2) is 0 Å². The van der Waals surface area contributed by atoms with Crippen LogP contribution in [0.2, 0.25) is 0 Å². The topological polar surface area (TPSA) is 76.1 Å². The van der Waals surface area contributed by atoms with Crippen LogP contribution in [-0.2, 0) is 11.3 Å². The Hall–Kier alpha value is -1.69. The minimum absolute atomic E-state index is 0.188. The van der Waals surface area contributed by atoms with Crippen molar-refractivity contribution in [2.75, 3.05) is 6.54 Å². The molecule has 0 aliphatic carbocycles. The molecule has 0 aliphatic heterocycles. The van der Waals surface area contributed by atoms with Crippen LogP contribution in [0.15, 0.2) is 12.3 Å². The standard InChI is InChI=1S/C16H28N4O2/c1-6-7-13(10-19-15(21)22-16(3,4)5)18-11-14-8-9-17-12(2)20-14/h8-9,13,18H,6-7,10-11H2,1-5H3,(H,19,21). The van der Waals surface area contributed by atoms with Crippen molar-refractivity contribution in [1.82, 2.24) is 20.6 Å². The third-order valence-corrected chi connectivity index (χ3v) is 2.93. The lowest BCUT2D eigenvalue weighted by Gasteiger charge is -2.22. The average Bonchev–Trinajstić information content (AvgIpc) is 2.40. The summed E-state index contributed by atoms with van der Waals surface area (Å²) in [4.78, 5) is 20.2. The van der Waals surface area contributed by atoms with E-state index >= 15 is 0 Å². The van der Waals surface area contributed by atoms with Crippen molar-refractivity contribution in [3.05, 3.63) is 23.8 Å². The summed E-state index contributed by atoms with van der Waals surface area (Å²) >= 11 is 0. The van der Waals surface area contributed by atoms with Crippen molar-refractivity contribution in [3.63, 3.8) is 0 Å². The normalized spacial score (nSPS) is 12.8. The van der Waals surface area contributed by atoms with Crippen molar-refractivity contribution in [3.8, 4) is 0 Å². The molecule has 1 heterocycles. The molecule has 0 radical (unpaired) electrons. The molecule has 22 heavy (non-hydrogen) atoms.